The summed E-state index contributed by atoms with van der Waals surface area (Å²) in [5.74, 6) is -1.04. The third-order valence-corrected chi connectivity index (χ3v) is 3.76. The minimum Gasteiger partial charge on any atom is -0.258 e. The first kappa shape index (κ1) is 16.3. The smallest absolute Gasteiger partial charge is 0.258 e. The van der Waals surface area contributed by atoms with Crippen molar-refractivity contribution in [2.45, 2.75) is 38.0 Å². The summed E-state index contributed by atoms with van der Waals surface area (Å²) in [5, 5.41) is 21.1. The SMILES string of the molecule is O=[N+]([O-])c1cn(C(CC2CC2)c2cnnn2CC(F)(F)F)nc1F. The lowest BCUT2D eigenvalue weighted by molar-refractivity contribution is -0.387. The number of aromatic nitrogens is 5. The van der Waals surface area contributed by atoms with Crippen molar-refractivity contribution in [3.63, 3.8) is 0 Å². The summed E-state index contributed by atoms with van der Waals surface area (Å²) in [6.45, 7) is -1.35. The van der Waals surface area contributed by atoms with E-state index in [1.165, 1.54) is 0 Å². The van der Waals surface area contributed by atoms with Crippen LogP contribution in [0.2, 0.25) is 0 Å². The van der Waals surface area contributed by atoms with E-state index in [2.05, 4.69) is 15.4 Å². The van der Waals surface area contributed by atoms with Gasteiger partial charge in [0.1, 0.15) is 12.7 Å². The highest BCUT2D eigenvalue weighted by Gasteiger charge is 2.35. The van der Waals surface area contributed by atoms with Crippen LogP contribution >= 0.6 is 0 Å². The Balaban J connectivity index is 1.97. The molecule has 0 aliphatic heterocycles. The van der Waals surface area contributed by atoms with Crippen molar-refractivity contribution in [1.82, 2.24) is 24.8 Å². The number of nitro groups is 1. The maximum atomic E-state index is 13.6. The molecule has 3 rings (SSSR count). The van der Waals surface area contributed by atoms with Crippen molar-refractivity contribution in [2.24, 2.45) is 5.92 Å². The van der Waals surface area contributed by atoms with Crippen LogP contribution in [0.15, 0.2) is 12.4 Å². The van der Waals surface area contributed by atoms with Gasteiger partial charge in [0.2, 0.25) is 0 Å². The van der Waals surface area contributed by atoms with Gasteiger partial charge in [-0.2, -0.15) is 17.6 Å². The molecule has 0 amide bonds. The van der Waals surface area contributed by atoms with Gasteiger partial charge in [0, 0.05) is 0 Å². The molecular formula is C12H12F4N6O2. The highest BCUT2D eigenvalue weighted by atomic mass is 19.4. The summed E-state index contributed by atoms with van der Waals surface area (Å²) in [5.41, 5.74) is -0.748. The molecule has 0 radical (unpaired) electrons. The van der Waals surface area contributed by atoms with Gasteiger partial charge in [0.05, 0.1) is 22.9 Å². The van der Waals surface area contributed by atoms with Gasteiger partial charge in [-0.05, 0) is 12.3 Å². The number of hydrogen-bond acceptors (Lipinski definition) is 5. The van der Waals surface area contributed by atoms with E-state index < -0.39 is 35.3 Å². The van der Waals surface area contributed by atoms with Gasteiger partial charge < -0.3 is 0 Å². The summed E-state index contributed by atoms with van der Waals surface area (Å²) in [6.07, 6.45) is -0.318. The highest BCUT2D eigenvalue weighted by Crippen LogP contribution is 2.39. The zero-order valence-electron chi connectivity index (χ0n) is 12.1. The number of nitrogens with zero attached hydrogens (tertiary/aromatic N) is 6. The molecular weight excluding hydrogens is 336 g/mol. The van der Waals surface area contributed by atoms with E-state index in [0.29, 0.717) is 11.1 Å². The van der Waals surface area contributed by atoms with E-state index in [0.717, 1.165) is 29.9 Å². The fraction of sp³-hybridized carbons (Fsp3) is 0.583. The minimum atomic E-state index is -4.51. The maximum Gasteiger partial charge on any atom is 0.408 e. The summed E-state index contributed by atoms with van der Waals surface area (Å²) in [4.78, 5) is 9.83. The highest BCUT2D eigenvalue weighted by molar-refractivity contribution is 5.24. The van der Waals surface area contributed by atoms with Crippen LogP contribution in [0.1, 0.15) is 31.0 Å². The van der Waals surface area contributed by atoms with Crippen LogP contribution in [-0.4, -0.2) is 35.9 Å². The summed E-state index contributed by atoms with van der Waals surface area (Å²) < 4.78 is 53.2. The van der Waals surface area contributed by atoms with Gasteiger partial charge in [-0.25, -0.2) is 4.68 Å². The predicted molar refractivity (Wildman–Crippen MR) is 70.4 cm³/mol. The lowest BCUT2D eigenvalue weighted by atomic mass is 10.1. The molecule has 0 saturated heterocycles. The van der Waals surface area contributed by atoms with Crippen molar-refractivity contribution in [1.29, 1.82) is 0 Å². The molecule has 1 unspecified atom stereocenters. The molecule has 1 saturated carbocycles. The van der Waals surface area contributed by atoms with Gasteiger partial charge in [0.25, 0.3) is 0 Å². The van der Waals surface area contributed by atoms with Crippen molar-refractivity contribution >= 4 is 5.69 Å². The molecule has 8 nitrogen and oxygen atoms in total. The van der Waals surface area contributed by atoms with Gasteiger partial charge >= 0.3 is 17.8 Å². The van der Waals surface area contributed by atoms with E-state index in [1.807, 2.05) is 0 Å². The van der Waals surface area contributed by atoms with Crippen molar-refractivity contribution in [3.05, 3.63) is 34.1 Å². The average Bonchev–Trinajstić information content (AvgIpc) is 3.03. The van der Waals surface area contributed by atoms with Crippen LogP contribution in [0.5, 0.6) is 0 Å². The Morgan fingerprint density at radius 3 is 2.67 bits per heavy atom. The number of hydrogen-bond donors (Lipinski definition) is 0. The lowest BCUT2D eigenvalue weighted by Gasteiger charge is -2.18. The Hall–Kier alpha value is -2.53. The maximum absolute atomic E-state index is 13.6. The van der Waals surface area contributed by atoms with E-state index in [-0.39, 0.29) is 11.6 Å². The molecule has 1 aliphatic rings. The molecule has 24 heavy (non-hydrogen) atoms. The number of alkyl halides is 3. The first-order valence-corrected chi connectivity index (χ1v) is 7.09. The normalized spacial score (nSPS) is 16.3. The van der Waals surface area contributed by atoms with E-state index in [1.54, 1.807) is 0 Å². The summed E-state index contributed by atoms with van der Waals surface area (Å²) in [7, 11) is 0. The van der Waals surface area contributed by atoms with Crippen molar-refractivity contribution < 1.29 is 22.5 Å². The summed E-state index contributed by atoms with van der Waals surface area (Å²) >= 11 is 0. The fourth-order valence-electron chi connectivity index (χ4n) is 2.49. The Kier molecular flexibility index (Phi) is 3.97. The monoisotopic (exact) mass is 348 g/mol. The molecule has 0 N–H and O–H groups in total. The van der Waals surface area contributed by atoms with E-state index >= 15 is 0 Å². The average molecular weight is 348 g/mol. The molecule has 2 heterocycles. The van der Waals surface area contributed by atoms with Crippen molar-refractivity contribution in [3.8, 4) is 0 Å². The molecule has 12 heteroatoms. The molecule has 0 spiro atoms. The first-order valence-electron chi connectivity index (χ1n) is 7.09. The zero-order chi connectivity index (χ0) is 17.5. The quantitative estimate of drug-likeness (QED) is 0.454. The standard InChI is InChI=1S/C12H12F4N6O2/c13-11-10(22(23)24)5-20(18-11)8(3-7-1-2-7)9-4-17-19-21(9)6-12(14,15)16/h4-5,7-8H,1-3,6H2. The Labute approximate surface area is 132 Å². The number of halogens is 4. The molecule has 1 atom stereocenters. The third kappa shape index (κ3) is 3.51. The van der Waals surface area contributed by atoms with Crippen LogP contribution in [0.4, 0.5) is 23.2 Å². The predicted octanol–water partition coefficient (Wildman–Crippen LogP) is 2.47. The van der Waals surface area contributed by atoms with Crippen molar-refractivity contribution in [2.75, 3.05) is 0 Å². The topological polar surface area (TPSA) is 91.7 Å². The Morgan fingerprint density at radius 2 is 2.12 bits per heavy atom. The lowest BCUT2D eigenvalue weighted by Crippen LogP contribution is -2.24. The van der Waals surface area contributed by atoms with Gasteiger partial charge in [0.15, 0.2) is 0 Å². The van der Waals surface area contributed by atoms with E-state index in [4.69, 9.17) is 0 Å². The second-order valence-electron chi connectivity index (χ2n) is 5.67. The second-order valence-corrected chi connectivity index (χ2v) is 5.67. The van der Waals surface area contributed by atoms with Gasteiger partial charge in [-0.1, -0.05) is 18.1 Å². The fourth-order valence-corrected chi connectivity index (χ4v) is 2.49. The molecule has 2 aromatic rings. The van der Waals surface area contributed by atoms with Crippen LogP contribution in [0.3, 0.4) is 0 Å². The first-order chi connectivity index (χ1) is 11.2. The summed E-state index contributed by atoms with van der Waals surface area (Å²) in [6, 6.07) is -0.807. The molecule has 130 valence electrons. The minimum absolute atomic E-state index is 0.0802. The molecule has 0 aromatic carbocycles. The van der Waals surface area contributed by atoms with Crippen LogP contribution in [0.25, 0.3) is 0 Å². The molecule has 2 aromatic heterocycles. The Bertz CT molecular complexity index is 751. The third-order valence-electron chi connectivity index (χ3n) is 3.76. The van der Waals surface area contributed by atoms with Crippen LogP contribution in [0, 0.1) is 22.0 Å². The van der Waals surface area contributed by atoms with Gasteiger partial charge in [-0.15, -0.1) is 10.2 Å². The van der Waals surface area contributed by atoms with Crippen LogP contribution in [-0.2, 0) is 6.54 Å². The second kappa shape index (κ2) is 5.83. The van der Waals surface area contributed by atoms with E-state index in [9.17, 15) is 27.7 Å². The largest absolute Gasteiger partial charge is 0.408 e. The van der Waals surface area contributed by atoms with Crippen LogP contribution < -0.4 is 0 Å². The molecule has 1 fully saturated rings. The zero-order valence-corrected chi connectivity index (χ0v) is 12.1. The molecule has 1 aliphatic carbocycles. The Morgan fingerprint density at radius 1 is 1.42 bits per heavy atom. The molecule has 0 bridgehead atoms. The van der Waals surface area contributed by atoms with Gasteiger partial charge in [-0.3, -0.25) is 14.8 Å². The number of rotatable bonds is 6.